The largest absolute Gasteiger partial charge is 0.483 e. The topological polar surface area (TPSA) is 134 Å². The highest BCUT2D eigenvalue weighted by molar-refractivity contribution is 5.92. The van der Waals surface area contributed by atoms with Gasteiger partial charge in [-0.05, 0) is 30.5 Å². The molecule has 0 radical (unpaired) electrons. The Morgan fingerprint density at radius 2 is 2.00 bits per heavy atom. The summed E-state index contributed by atoms with van der Waals surface area (Å²) in [5.41, 5.74) is 1.29. The van der Waals surface area contributed by atoms with E-state index in [1.807, 2.05) is 10.6 Å². The lowest BCUT2D eigenvalue weighted by Crippen LogP contribution is -2.53. The first-order valence-corrected chi connectivity index (χ1v) is 10.4. The predicted molar refractivity (Wildman–Crippen MR) is 116 cm³/mol. The minimum absolute atomic E-state index is 0.0181. The molecule has 4 rings (SSSR count). The summed E-state index contributed by atoms with van der Waals surface area (Å²) in [5.74, 6) is 0.108. The Morgan fingerprint density at radius 1 is 1.22 bits per heavy atom. The van der Waals surface area contributed by atoms with E-state index in [-0.39, 0.29) is 41.7 Å². The number of fused-ring (bicyclic) bond motifs is 4. The Kier molecular flexibility index (Phi) is 7.72. The van der Waals surface area contributed by atoms with Crippen LogP contribution in [0.25, 0.3) is 0 Å². The summed E-state index contributed by atoms with van der Waals surface area (Å²) in [6.07, 6.45) is 2.52. The van der Waals surface area contributed by atoms with Gasteiger partial charge in [-0.25, -0.2) is 0 Å². The van der Waals surface area contributed by atoms with Gasteiger partial charge in [0, 0.05) is 50.6 Å². The lowest BCUT2D eigenvalue weighted by molar-refractivity contribution is -0.123. The molecule has 0 aromatic carbocycles. The van der Waals surface area contributed by atoms with Crippen molar-refractivity contribution in [1.29, 1.82) is 0 Å². The Morgan fingerprint density at radius 3 is 2.69 bits per heavy atom. The molecule has 0 spiro atoms. The number of amides is 2. The molecule has 4 heterocycles. The van der Waals surface area contributed by atoms with Crippen LogP contribution in [-0.2, 0) is 9.59 Å². The SMILES string of the molecule is CNC(=O)CN1C[C@H]2C[C@@H](C1)[C@H](CNC(=O)c1ccccn1)n1c2cccc1=O.O=CO. The molecule has 2 bridgehead atoms. The molecule has 10 nitrogen and oxygen atoms in total. The van der Waals surface area contributed by atoms with E-state index in [2.05, 4.69) is 20.5 Å². The zero-order chi connectivity index (χ0) is 23.1. The fourth-order valence-corrected chi connectivity index (χ4v) is 4.59. The summed E-state index contributed by atoms with van der Waals surface area (Å²) in [6, 6.07) is 10.4. The van der Waals surface area contributed by atoms with Crippen molar-refractivity contribution in [3.8, 4) is 0 Å². The maximum atomic E-state index is 12.7. The monoisotopic (exact) mass is 441 g/mol. The number of nitrogens with zero attached hydrogens (tertiary/aromatic N) is 3. The van der Waals surface area contributed by atoms with E-state index in [0.29, 0.717) is 18.8 Å². The molecular formula is C22H27N5O5. The summed E-state index contributed by atoms with van der Waals surface area (Å²) >= 11 is 0. The van der Waals surface area contributed by atoms with Gasteiger partial charge in [0.25, 0.3) is 17.9 Å². The number of nitrogens with one attached hydrogen (secondary N) is 2. The molecule has 170 valence electrons. The molecule has 3 atom stereocenters. The van der Waals surface area contributed by atoms with Crippen LogP contribution in [0, 0.1) is 5.92 Å². The van der Waals surface area contributed by atoms with Crippen molar-refractivity contribution in [1.82, 2.24) is 25.1 Å². The second kappa shape index (κ2) is 10.7. The molecule has 32 heavy (non-hydrogen) atoms. The predicted octanol–water partition coefficient (Wildman–Crippen LogP) is 0.0803. The maximum absolute atomic E-state index is 12.7. The van der Waals surface area contributed by atoms with Crippen molar-refractivity contribution in [2.45, 2.75) is 18.4 Å². The lowest BCUT2D eigenvalue weighted by atomic mass is 9.78. The fourth-order valence-electron chi connectivity index (χ4n) is 4.59. The maximum Gasteiger partial charge on any atom is 0.290 e. The Hall–Kier alpha value is -3.53. The Labute approximate surface area is 185 Å². The van der Waals surface area contributed by atoms with Crippen LogP contribution < -0.4 is 16.2 Å². The fraction of sp³-hybridized carbons (Fsp3) is 0.409. The van der Waals surface area contributed by atoms with Crippen molar-refractivity contribution >= 4 is 18.3 Å². The molecule has 0 aliphatic carbocycles. The third-order valence-electron chi connectivity index (χ3n) is 5.89. The summed E-state index contributed by atoms with van der Waals surface area (Å²) < 4.78 is 1.84. The van der Waals surface area contributed by atoms with E-state index in [1.54, 1.807) is 43.6 Å². The van der Waals surface area contributed by atoms with Crippen LogP contribution in [0.2, 0.25) is 0 Å². The molecular weight excluding hydrogens is 414 g/mol. The molecule has 0 unspecified atom stereocenters. The molecule has 2 aliphatic heterocycles. The van der Waals surface area contributed by atoms with Gasteiger partial charge in [0.15, 0.2) is 0 Å². The van der Waals surface area contributed by atoms with Crippen LogP contribution in [0.5, 0.6) is 0 Å². The van der Waals surface area contributed by atoms with E-state index in [1.165, 1.54) is 0 Å². The zero-order valence-corrected chi connectivity index (χ0v) is 17.8. The lowest BCUT2D eigenvalue weighted by Gasteiger charge is -2.46. The van der Waals surface area contributed by atoms with Crippen LogP contribution in [0.15, 0.2) is 47.4 Å². The van der Waals surface area contributed by atoms with E-state index in [9.17, 15) is 14.4 Å². The van der Waals surface area contributed by atoms with Gasteiger partial charge in [-0.15, -0.1) is 0 Å². The van der Waals surface area contributed by atoms with Crippen LogP contribution in [0.3, 0.4) is 0 Å². The van der Waals surface area contributed by atoms with Crippen molar-refractivity contribution in [3.63, 3.8) is 0 Å². The van der Waals surface area contributed by atoms with Gasteiger partial charge in [-0.3, -0.25) is 29.1 Å². The number of likely N-dealkylation sites (N-methyl/N-ethyl adjacent to an activating group) is 1. The molecule has 2 aliphatic rings. The molecule has 2 amide bonds. The minimum atomic E-state index is -0.253. The molecule has 2 aromatic heterocycles. The first-order chi connectivity index (χ1) is 15.5. The molecule has 2 aromatic rings. The second-order valence-electron chi connectivity index (χ2n) is 7.82. The standard InChI is InChI=1S/C21H25N5O3.CH2O2/c1-22-19(27)13-25-11-14-9-15(12-25)18(26-17(14)6-4-7-20(26)28)10-24-21(29)16-5-2-3-8-23-16;2-1-3/h2-8,14-15,18H,9-13H2,1H3,(H,22,27)(H,24,29);1H,(H,2,3)/t14-,15+,18+;/m1./s1. The van der Waals surface area contributed by atoms with Gasteiger partial charge < -0.3 is 20.3 Å². The highest BCUT2D eigenvalue weighted by Crippen LogP contribution is 2.40. The Bertz CT molecular complexity index is 1010. The van der Waals surface area contributed by atoms with Crippen molar-refractivity contribution in [2.24, 2.45) is 5.92 Å². The van der Waals surface area contributed by atoms with Gasteiger partial charge in [0.1, 0.15) is 5.69 Å². The number of rotatable bonds is 5. The van der Waals surface area contributed by atoms with E-state index >= 15 is 0 Å². The first kappa shape index (κ1) is 23.1. The number of carbonyl (C=O) groups is 3. The number of piperidine rings is 1. The number of hydrogen-bond donors (Lipinski definition) is 3. The summed E-state index contributed by atoms with van der Waals surface area (Å²) in [6.45, 7) is 1.90. The average Bonchev–Trinajstić information content (AvgIpc) is 2.80. The van der Waals surface area contributed by atoms with Crippen LogP contribution in [0.1, 0.15) is 34.6 Å². The molecule has 1 saturated heterocycles. The minimum Gasteiger partial charge on any atom is -0.483 e. The normalized spacial score (nSPS) is 21.3. The van der Waals surface area contributed by atoms with Gasteiger partial charge in [-0.2, -0.15) is 0 Å². The zero-order valence-electron chi connectivity index (χ0n) is 17.8. The number of hydrogen-bond acceptors (Lipinski definition) is 6. The third-order valence-corrected chi connectivity index (χ3v) is 5.89. The smallest absolute Gasteiger partial charge is 0.290 e. The summed E-state index contributed by atoms with van der Waals surface area (Å²) in [5, 5.41) is 12.5. The molecule has 3 N–H and O–H groups in total. The number of pyridine rings is 2. The molecule has 1 fully saturated rings. The van der Waals surface area contributed by atoms with Crippen LogP contribution in [-0.4, -0.2) is 71.1 Å². The first-order valence-electron chi connectivity index (χ1n) is 10.4. The summed E-state index contributed by atoms with van der Waals surface area (Å²) in [7, 11) is 1.64. The highest BCUT2D eigenvalue weighted by atomic mass is 16.3. The van der Waals surface area contributed by atoms with Gasteiger partial charge in [0.2, 0.25) is 5.91 Å². The molecule has 10 heteroatoms. The number of aromatic nitrogens is 2. The summed E-state index contributed by atoms with van der Waals surface area (Å²) in [4.78, 5) is 51.6. The van der Waals surface area contributed by atoms with Crippen LogP contribution >= 0.6 is 0 Å². The van der Waals surface area contributed by atoms with Crippen molar-refractivity contribution < 1.29 is 19.5 Å². The average molecular weight is 441 g/mol. The quantitative estimate of drug-likeness (QED) is 0.560. The number of likely N-dealkylation sites (tertiary alicyclic amines) is 1. The van der Waals surface area contributed by atoms with Crippen molar-refractivity contribution in [2.75, 3.05) is 33.2 Å². The van der Waals surface area contributed by atoms with Gasteiger partial charge in [-0.1, -0.05) is 12.1 Å². The highest BCUT2D eigenvalue weighted by Gasteiger charge is 2.40. The van der Waals surface area contributed by atoms with Crippen molar-refractivity contribution in [3.05, 3.63) is 64.3 Å². The number of carboxylic acid groups (broad SMARTS) is 1. The van der Waals surface area contributed by atoms with E-state index in [0.717, 1.165) is 25.2 Å². The molecule has 0 saturated carbocycles. The number of carbonyl (C=O) groups excluding carboxylic acids is 2. The van der Waals surface area contributed by atoms with Gasteiger partial charge >= 0.3 is 0 Å². The van der Waals surface area contributed by atoms with Gasteiger partial charge in [0.05, 0.1) is 12.6 Å². The third kappa shape index (κ3) is 5.20. The van der Waals surface area contributed by atoms with E-state index < -0.39 is 0 Å². The second-order valence-corrected chi connectivity index (χ2v) is 7.82. The van der Waals surface area contributed by atoms with E-state index in [4.69, 9.17) is 9.90 Å². The van der Waals surface area contributed by atoms with Crippen LogP contribution in [0.4, 0.5) is 0 Å². The Balaban J connectivity index is 0.000000913.